The topological polar surface area (TPSA) is 70.9 Å². The molecule has 0 spiro atoms. The fraction of sp³-hybridized carbons (Fsp3) is 0.381. The molecule has 5 nitrogen and oxygen atoms in total. The van der Waals surface area contributed by atoms with Crippen LogP contribution in [0.25, 0.3) is 10.4 Å². The zero-order valence-electron chi connectivity index (χ0n) is 16.3. The first-order valence-corrected chi connectivity index (χ1v) is 10.5. The maximum absolute atomic E-state index is 12.9. The maximum Gasteiger partial charge on any atom is 0.433 e. The van der Waals surface area contributed by atoms with Crippen molar-refractivity contribution in [2.24, 2.45) is 0 Å². The monoisotopic (exact) mass is 434 g/mol. The van der Waals surface area contributed by atoms with Crippen molar-refractivity contribution in [3.63, 3.8) is 0 Å². The van der Waals surface area contributed by atoms with E-state index in [-0.39, 0.29) is 5.95 Å². The summed E-state index contributed by atoms with van der Waals surface area (Å²) >= 11 is 1.45. The van der Waals surface area contributed by atoms with E-state index in [1.165, 1.54) is 11.3 Å². The van der Waals surface area contributed by atoms with Gasteiger partial charge in [-0.25, -0.2) is 15.0 Å². The minimum atomic E-state index is -4.53. The molecule has 0 atom stereocenters. The van der Waals surface area contributed by atoms with Gasteiger partial charge >= 0.3 is 6.18 Å². The molecule has 0 saturated heterocycles. The van der Waals surface area contributed by atoms with Crippen molar-refractivity contribution >= 4 is 23.0 Å². The standard InChI is InChI=1S/C21H21F3N4OS/c1-13-9-14(16-12-26-18(30-16)20(29)6-3-2-4-7-20)11-15(10-13)27-19-25-8-5-17(28-19)21(22,23)24/h5,8-12,29H,2-4,6-7H2,1H3,(H,25,27,28). The number of rotatable bonds is 4. The third-order valence-corrected chi connectivity index (χ3v) is 6.39. The Balaban J connectivity index is 1.60. The molecule has 1 saturated carbocycles. The molecule has 1 aromatic carbocycles. The second-order valence-electron chi connectivity index (χ2n) is 7.60. The summed E-state index contributed by atoms with van der Waals surface area (Å²) in [6, 6.07) is 6.44. The van der Waals surface area contributed by atoms with Gasteiger partial charge in [-0.3, -0.25) is 0 Å². The van der Waals surface area contributed by atoms with Crippen molar-refractivity contribution in [1.29, 1.82) is 0 Å². The van der Waals surface area contributed by atoms with Crippen LogP contribution in [0.4, 0.5) is 24.8 Å². The molecule has 30 heavy (non-hydrogen) atoms. The van der Waals surface area contributed by atoms with E-state index in [0.29, 0.717) is 18.5 Å². The molecular formula is C21H21F3N4OS. The molecule has 1 aliphatic carbocycles. The Morgan fingerprint density at radius 2 is 1.87 bits per heavy atom. The average molecular weight is 434 g/mol. The summed E-state index contributed by atoms with van der Waals surface area (Å²) in [7, 11) is 0. The Bertz CT molecular complexity index is 1040. The number of aryl methyl sites for hydroxylation is 1. The van der Waals surface area contributed by atoms with Crippen molar-refractivity contribution in [3.05, 3.63) is 52.9 Å². The second kappa shape index (κ2) is 7.96. The van der Waals surface area contributed by atoms with Crippen LogP contribution >= 0.6 is 11.3 Å². The SMILES string of the molecule is Cc1cc(Nc2nccc(C(F)(F)F)n2)cc(-c2cnc(C3(O)CCCCC3)s2)c1. The van der Waals surface area contributed by atoms with Crippen LogP contribution in [-0.4, -0.2) is 20.1 Å². The molecule has 3 aromatic rings. The zero-order valence-corrected chi connectivity index (χ0v) is 17.1. The van der Waals surface area contributed by atoms with Gasteiger partial charge < -0.3 is 10.4 Å². The number of aliphatic hydroxyl groups is 1. The number of hydrogen-bond donors (Lipinski definition) is 2. The third-order valence-electron chi connectivity index (χ3n) is 5.15. The highest BCUT2D eigenvalue weighted by Crippen LogP contribution is 2.41. The number of hydrogen-bond acceptors (Lipinski definition) is 6. The Hall–Kier alpha value is -2.52. The number of aromatic nitrogens is 3. The van der Waals surface area contributed by atoms with Crippen LogP contribution in [0.2, 0.25) is 0 Å². The summed E-state index contributed by atoms with van der Waals surface area (Å²) in [5.74, 6) is -0.122. The zero-order chi connectivity index (χ0) is 21.4. The molecule has 2 aromatic heterocycles. The van der Waals surface area contributed by atoms with Crippen LogP contribution in [0.1, 0.15) is 48.4 Å². The van der Waals surface area contributed by atoms with Crippen LogP contribution in [-0.2, 0) is 11.8 Å². The van der Waals surface area contributed by atoms with E-state index in [1.54, 1.807) is 6.20 Å². The van der Waals surface area contributed by atoms with Crippen LogP contribution in [0.15, 0.2) is 36.7 Å². The summed E-state index contributed by atoms with van der Waals surface area (Å²) in [4.78, 5) is 12.8. The minimum Gasteiger partial charge on any atom is -0.383 e. The molecule has 0 amide bonds. The van der Waals surface area contributed by atoms with Gasteiger partial charge in [0, 0.05) is 18.1 Å². The predicted octanol–water partition coefficient (Wildman–Crippen LogP) is 5.82. The van der Waals surface area contributed by atoms with E-state index in [9.17, 15) is 18.3 Å². The molecular weight excluding hydrogens is 413 g/mol. The van der Waals surface area contributed by atoms with Gasteiger partial charge in [-0.05, 0) is 49.1 Å². The molecule has 0 bridgehead atoms. The van der Waals surface area contributed by atoms with E-state index in [0.717, 1.165) is 52.5 Å². The van der Waals surface area contributed by atoms with Crippen LogP contribution < -0.4 is 5.32 Å². The Morgan fingerprint density at radius 3 is 2.60 bits per heavy atom. The van der Waals surface area contributed by atoms with E-state index in [1.807, 2.05) is 25.1 Å². The number of thiazole rings is 1. The lowest BCUT2D eigenvalue weighted by Gasteiger charge is -2.29. The fourth-order valence-corrected chi connectivity index (χ4v) is 4.73. The summed E-state index contributed by atoms with van der Waals surface area (Å²) < 4.78 is 38.7. The number of alkyl halides is 3. The van der Waals surface area contributed by atoms with Crippen molar-refractivity contribution in [1.82, 2.24) is 15.0 Å². The Morgan fingerprint density at radius 1 is 1.10 bits per heavy atom. The van der Waals surface area contributed by atoms with Crippen LogP contribution in [0.5, 0.6) is 0 Å². The number of nitrogens with zero attached hydrogens (tertiary/aromatic N) is 3. The quantitative estimate of drug-likeness (QED) is 0.541. The second-order valence-corrected chi connectivity index (χ2v) is 8.63. The van der Waals surface area contributed by atoms with E-state index in [2.05, 4.69) is 20.3 Å². The van der Waals surface area contributed by atoms with Crippen molar-refractivity contribution in [2.75, 3.05) is 5.32 Å². The molecule has 1 aliphatic rings. The first-order valence-electron chi connectivity index (χ1n) is 9.71. The van der Waals surface area contributed by atoms with Gasteiger partial charge in [0.05, 0.1) is 4.88 Å². The predicted molar refractivity (Wildman–Crippen MR) is 110 cm³/mol. The molecule has 158 valence electrons. The molecule has 0 radical (unpaired) electrons. The third kappa shape index (κ3) is 4.46. The Kier molecular flexibility index (Phi) is 5.50. The van der Waals surface area contributed by atoms with Gasteiger partial charge in [0.25, 0.3) is 0 Å². The molecule has 1 fully saturated rings. The maximum atomic E-state index is 12.9. The summed E-state index contributed by atoms with van der Waals surface area (Å²) in [5.41, 5.74) is 0.509. The summed E-state index contributed by atoms with van der Waals surface area (Å²) in [6.07, 6.45) is 2.82. The number of nitrogens with one attached hydrogen (secondary N) is 1. The first kappa shape index (κ1) is 20.7. The van der Waals surface area contributed by atoms with Gasteiger partial charge in [0.15, 0.2) is 0 Å². The highest BCUT2D eigenvalue weighted by molar-refractivity contribution is 7.15. The van der Waals surface area contributed by atoms with Gasteiger partial charge in [-0.1, -0.05) is 25.3 Å². The smallest absolute Gasteiger partial charge is 0.383 e. The van der Waals surface area contributed by atoms with Crippen molar-refractivity contribution in [2.45, 2.75) is 50.8 Å². The summed E-state index contributed by atoms with van der Waals surface area (Å²) in [6.45, 7) is 1.90. The lowest BCUT2D eigenvalue weighted by Crippen LogP contribution is -2.28. The fourth-order valence-electron chi connectivity index (χ4n) is 3.68. The van der Waals surface area contributed by atoms with Gasteiger partial charge in [0.2, 0.25) is 5.95 Å². The van der Waals surface area contributed by atoms with Gasteiger partial charge in [-0.15, -0.1) is 11.3 Å². The molecule has 0 unspecified atom stereocenters. The molecule has 9 heteroatoms. The lowest BCUT2D eigenvalue weighted by molar-refractivity contribution is -0.141. The lowest BCUT2D eigenvalue weighted by atomic mass is 9.85. The van der Waals surface area contributed by atoms with Crippen molar-refractivity contribution in [3.8, 4) is 10.4 Å². The molecule has 4 rings (SSSR count). The normalized spacial score (nSPS) is 16.4. The largest absolute Gasteiger partial charge is 0.433 e. The van der Waals surface area contributed by atoms with Crippen LogP contribution in [0, 0.1) is 6.92 Å². The van der Waals surface area contributed by atoms with E-state index < -0.39 is 17.5 Å². The number of anilines is 2. The number of benzene rings is 1. The minimum absolute atomic E-state index is 0.122. The highest BCUT2D eigenvalue weighted by Gasteiger charge is 2.34. The molecule has 2 N–H and O–H groups in total. The first-order chi connectivity index (χ1) is 14.2. The van der Waals surface area contributed by atoms with E-state index in [4.69, 9.17) is 0 Å². The van der Waals surface area contributed by atoms with Gasteiger partial charge in [-0.2, -0.15) is 13.2 Å². The highest BCUT2D eigenvalue weighted by atomic mass is 32.1. The summed E-state index contributed by atoms with van der Waals surface area (Å²) in [5, 5.41) is 14.5. The Labute approximate surface area is 176 Å². The number of halogens is 3. The van der Waals surface area contributed by atoms with Crippen LogP contribution in [0.3, 0.4) is 0 Å². The average Bonchev–Trinajstić information content (AvgIpc) is 3.19. The van der Waals surface area contributed by atoms with Crippen molar-refractivity contribution < 1.29 is 18.3 Å². The molecule has 2 heterocycles. The molecule has 0 aliphatic heterocycles. The van der Waals surface area contributed by atoms with Gasteiger partial charge in [0.1, 0.15) is 16.3 Å². The van der Waals surface area contributed by atoms with E-state index >= 15 is 0 Å².